The van der Waals surface area contributed by atoms with Crippen molar-refractivity contribution >= 4 is 43.6 Å². The lowest BCUT2D eigenvalue weighted by molar-refractivity contribution is 1.17. The Hall–Kier alpha value is -6.71. The van der Waals surface area contributed by atoms with Gasteiger partial charge in [0.25, 0.3) is 0 Å². The highest BCUT2D eigenvalue weighted by Crippen LogP contribution is 2.37. The molecule has 0 saturated heterocycles. The van der Waals surface area contributed by atoms with Crippen LogP contribution in [0.5, 0.6) is 0 Å². The molecule has 3 heteroatoms. The minimum atomic E-state index is 0.959. The van der Waals surface area contributed by atoms with Crippen molar-refractivity contribution in [3.63, 3.8) is 0 Å². The third-order valence-corrected chi connectivity index (χ3v) is 10.6. The molecule has 0 unspecified atom stereocenters. The van der Waals surface area contributed by atoms with Crippen LogP contribution in [0.3, 0.4) is 0 Å². The number of nitrogens with zero attached hydrogens (tertiary/aromatic N) is 3. The first kappa shape index (κ1) is 30.1. The maximum atomic E-state index is 4.96. The monoisotopic (exact) mass is 665 g/mol. The van der Waals surface area contributed by atoms with Gasteiger partial charge < -0.3 is 9.13 Å². The first-order valence-electron chi connectivity index (χ1n) is 17.9. The molecule has 246 valence electrons. The largest absolute Gasteiger partial charge is 0.309 e. The predicted molar refractivity (Wildman–Crippen MR) is 219 cm³/mol. The number of pyridine rings is 1. The van der Waals surface area contributed by atoms with Gasteiger partial charge in [0.2, 0.25) is 0 Å². The standard InChI is InChI=1S/C49H35N3/c1-32-25-26-38(52-48-23-9-5-19-41(48)42-20-6-10-24-49(42)52)29-43(32)34-13-11-15-36(27-34)45-30-44(33(2)31-50-45)35-14-12-16-37(28-35)51-46-21-7-3-17-39(46)40-18-4-8-22-47(40)51/h3-31H,1-2H3. The van der Waals surface area contributed by atoms with E-state index in [2.05, 4.69) is 193 Å². The number of fused-ring (bicyclic) bond motifs is 6. The lowest BCUT2D eigenvalue weighted by Gasteiger charge is -2.14. The second-order valence-electron chi connectivity index (χ2n) is 13.8. The predicted octanol–water partition coefficient (Wildman–Crippen LogP) is 12.9. The number of rotatable bonds is 5. The summed E-state index contributed by atoms with van der Waals surface area (Å²) >= 11 is 0. The van der Waals surface area contributed by atoms with Crippen LogP contribution in [0.4, 0.5) is 0 Å². The van der Waals surface area contributed by atoms with Crippen molar-refractivity contribution in [1.29, 1.82) is 0 Å². The van der Waals surface area contributed by atoms with Crippen molar-refractivity contribution < 1.29 is 0 Å². The highest BCUT2D eigenvalue weighted by Gasteiger charge is 2.16. The first-order valence-corrected chi connectivity index (χ1v) is 17.9. The molecular weight excluding hydrogens is 631 g/mol. The summed E-state index contributed by atoms with van der Waals surface area (Å²) in [5.41, 5.74) is 16.3. The van der Waals surface area contributed by atoms with Crippen LogP contribution in [0.2, 0.25) is 0 Å². The number of para-hydroxylation sites is 4. The molecule has 0 aliphatic rings. The van der Waals surface area contributed by atoms with Crippen molar-refractivity contribution in [2.75, 3.05) is 0 Å². The summed E-state index contributed by atoms with van der Waals surface area (Å²) in [6.45, 7) is 4.35. The van der Waals surface area contributed by atoms with Crippen molar-refractivity contribution in [2.24, 2.45) is 0 Å². The van der Waals surface area contributed by atoms with E-state index in [1.54, 1.807) is 0 Å². The Bertz CT molecular complexity index is 2890. The van der Waals surface area contributed by atoms with Crippen LogP contribution >= 0.6 is 0 Å². The van der Waals surface area contributed by atoms with Gasteiger partial charge in [-0.15, -0.1) is 0 Å². The Balaban J connectivity index is 1.06. The Morgan fingerprint density at radius 1 is 0.365 bits per heavy atom. The summed E-state index contributed by atoms with van der Waals surface area (Å²) in [6, 6.07) is 61.5. The number of aryl methyl sites for hydroxylation is 2. The van der Waals surface area contributed by atoms with Gasteiger partial charge >= 0.3 is 0 Å². The normalized spacial score (nSPS) is 11.7. The number of hydrogen-bond acceptors (Lipinski definition) is 1. The first-order chi connectivity index (χ1) is 25.6. The molecular formula is C49H35N3. The van der Waals surface area contributed by atoms with Gasteiger partial charge in [-0.3, -0.25) is 4.98 Å². The second kappa shape index (κ2) is 12.0. The molecule has 0 atom stereocenters. The summed E-state index contributed by atoms with van der Waals surface area (Å²) in [5.74, 6) is 0. The zero-order chi connectivity index (χ0) is 34.8. The van der Waals surface area contributed by atoms with Crippen LogP contribution in [0.1, 0.15) is 11.1 Å². The molecule has 0 amide bonds. The molecule has 3 heterocycles. The average molecular weight is 666 g/mol. The van der Waals surface area contributed by atoms with E-state index >= 15 is 0 Å². The topological polar surface area (TPSA) is 22.8 Å². The molecule has 10 aromatic rings. The van der Waals surface area contributed by atoms with E-state index in [0.717, 1.165) is 28.2 Å². The van der Waals surface area contributed by atoms with Crippen LogP contribution < -0.4 is 0 Å². The molecule has 3 aromatic heterocycles. The minimum Gasteiger partial charge on any atom is -0.309 e. The number of benzene rings is 7. The summed E-state index contributed by atoms with van der Waals surface area (Å²) in [4.78, 5) is 4.96. The Labute approximate surface area is 302 Å². The average Bonchev–Trinajstić information content (AvgIpc) is 3.72. The van der Waals surface area contributed by atoms with Crippen molar-refractivity contribution in [2.45, 2.75) is 13.8 Å². The van der Waals surface area contributed by atoms with Crippen molar-refractivity contribution in [3.05, 3.63) is 187 Å². The van der Waals surface area contributed by atoms with Crippen LogP contribution in [0.25, 0.3) is 88.5 Å². The van der Waals surface area contributed by atoms with Gasteiger partial charge in [0.15, 0.2) is 0 Å². The van der Waals surface area contributed by atoms with E-state index in [1.807, 2.05) is 6.20 Å². The third kappa shape index (κ3) is 4.78. The van der Waals surface area contributed by atoms with E-state index in [0.29, 0.717) is 0 Å². The fraction of sp³-hybridized carbons (Fsp3) is 0.0408. The van der Waals surface area contributed by atoms with Gasteiger partial charge in [-0.25, -0.2) is 0 Å². The van der Waals surface area contributed by atoms with Crippen LogP contribution in [-0.2, 0) is 0 Å². The third-order valence-electron chi connectivity index (χ3n) is 10.6. The maximum absolute atomic E-state index is 4.96. The molecule has 0 fully saturated rings. The SMILES string of the molecule is Cc1ccc(-n2c3ccccc3c3ccccc32)cc1-c1cccc(-c2cc(-c3cccc(-n4c5ccccc5c5ccccc54)c3)c(C)cn2)c1. The number of aromatic nitrogens is 3. The van der Waals surface area contributed by atoms with Crippen molar-refractivity contribution in [3.8, 4) is 44.9 Å². The highest BCUT2D eigenvalue weighted by atomic mass is 15.0. The van der Waals surface area contributed by atoms with E-state index in [9.17, 15) is 0 Å². The molecule has 0 bridgehead atoms. The van der Waals surface area contributed by atoms with Gasteiger partial charge in [0.05, 0.1) is 27.8 Å². The fourth-order valence-electron chi connectivity index (χ4n) is 8.11. The molecule has 52 heavy (non-hydrogen) atoms. The lowest BCUT2D eigenvalue weighted by Crippen LogP contribution is -1.96. The van der Waals surface area contributed by atoms with Crippen LogP contribution in [0.15, 0.2) is 176 Å². The van der Waals surface area contributed by atoms with E-state index in [-0.39, 0.29) is 0 Å². The van der Waals surface area contributed by atoms with Crippen LogP contribution in [0, 0.1) is 13.8 Å². The Kier molecular flexibility index (Phi) is 6.94. The van der Waals surface area contributed by atoms with E-state index < -0.39 is 0 Å². The molecule has 3 nitrogen and oxygen atoms in total. The molecule has 0 spiro atoms. The summed E-state index contributed by atoms with van der Waals surface area (Å²) in [6.07, 6.45) is 2.01. The van der Waals surface area contributed by atoms with Gasteiger partial charge in [-0.2, -0.15) is 0 Å². The highest BCUT2D eigenvalue weighted by molar-refractivity contribution is 6.10. The molecule has 0 aliphatic heterocycles. The quantitative estimate of drug-likeness (QED) is 0.179. The smallest absolute Gasteiger partial charge is 0.0708 e. The van der Waals surface area contributed by atoms with Crippen molar-refractivity contribution in [1.82, 2.24) is 14.1 Å². The minimum absolute atomic E-state index is 0.959. The van der Waals surface area contributed by atoms with Gasteiger partial charge in [-0.05, 0) is 108 Å². The molecule has 0 saturated carbocycles. The zero-order valence-electron chi connectivity index (χ0n) is 29.1. The Morgan fingerprint density at radius 3 is 1.40 bits per heavy atom. The van der Waals surface area contributed by atoms with Crippen LogP contribution in [-0.4, -0.2) is 14.1 Å². The molecule has 0 aliphatic carbocycles. The second-order valence-corrected chi connectivity index (χ2v) is 13.8. The lowest BCUT2D eigenvalue weighted by atomic mass is 9.95. The molecule has 7 aromatic carbocycles. The van der Waals surface area contributed by atoms with E-state index in [1.165, 1.54) is 71.4 Å². The fourth-order valence-corrected chi connectivity index (χ4v) is 8.11. The zero-order valence-corrected chi connectivity index (χ0v) is 29.1. The summed E-state index contributed by atoms with van der Waals surface area (Å²) in [7, 11) is 0. The summed E-state index contributed by atoms with van der Waals surface area (Å²) < 4.78 is 4.77. The van der Waals surface area contributed by atoms with E-state index in [4.69, 9.17) is 4.98 Å². The molecule has 0 radical (unpaired) electrons. The van der Waals surface area contributed by atoms with Gasteiger partial charge in [-0.1, -0.05) is 109 Å². The Morgan fingerprint density at radius 2 is 0.827 bits per heavy atom. The molecule has 10 rings (SSSR count). The van der Waals surface area contributed by atoms with Gasteiger partial charge in [0.1, 0.15) is 0 Å². The molecule has 0 N–H and O–H groups in total. The number of hydrogen-bond donors (Lipinski definition) is 0. The maximum Gasteiger partial charge on any atom is 0.0708 e. The van der Waals surface area contributed by atoms with Gasteiger partial charge in [0, 0.05) is 44.7 Å². The summed E-state index contributed by atoms with van der Waals surface area (Å²) in [5, 5.41) is 5.07.